The van der Waals surface area contributed by atoms with Gasteiger partial charge in [0.05, 0.1) is 24.8 Å². The first-order chi connectivity index (χ1) is 13.6. The third-order valence-electron chi connectivity index (χ3n) is 4.45. The van der Waals surface area contributed by atoms with E-state index in [1.807, 2.05) is 12.1 Å². The Kier molecular flexibility index (Phi) is 7.98. The summed E-state index contributed by atoms with van der Waals surface area (Å²) in [5.41, 5.74) is 2.03. The number of anilines is 1. The lowest BCUT2D eigenvalue weighted by atomic mass is 10.2. The summed E-state index contributed by atoms with van der Waals surface area (Å²) >= 11 is 11.9. The minimum absolute atomic E-state index is 0.0354. The van der Waals surface area contributed by atoms with Crippen molar-refractivity contribution in [3.8, 4) is 5.75 Å². The third kappa shape index (κ3) is 6.67. The molecule has 0 radical (unpaired) electrons. The number of rotatable bonds is 8. The molecule has 0 aliphatic carbocycles. The van der Waals surface area contributed by atoms with Crippen molar-refractivity contribution in [3.05, 3.63) is 58.1 Å². The first kappa shape index (κ1) is 20.9. The zero-order valence-corrected chi connectivity index (χ0v) is 17.1. The van der Waals surface area contributed by atoms with E-state index in [0.29, 0.717) is 35.2 Å². The largest absolute Gasteiger partial charge is 0.492 e. The molecule has 0 aromatic heterocycles. The number of halogens is 2. The van der Waals surface area contributed by atoms with Gasteiger partial charge in [-0.3, -0.25) is 9.69 Å². The zero-order chi connectivity index (χ0) is 19.8. The standard InChI is InChI=1S/C21H24Cl2N2O3/c22-17-5-8-20(19(23)14-17)28-11-1-2-21(26)24-18-6-3-16(4-7-18)15-25-9-12-27-13-10-25/h3-8,14H,1-2,9-13,15H2,(H,24,26). The van der Waals surface area contributed by atoms with Gasteiger partial charge in [-0.25, -0.2) is 0 Å². The number of morpholine rings is 1. The Morgan fingerprint density at radius 1 is 1.11 bits per heavy atom. The second-order valence-electron chi connectivity index (χ2n) is 6.66. The summed E-state index contributed by atoms with van der Waals surface area (Å²) in [4.78, 5) is 14.5. The molecule has 0 unspecified atom stereocenters. The van der Waals surface area contributed by atoms with Gasteiger partial charge in [0, 0.05) is 36.8 Å². The van der Waals surface area contributed by atoms with E-state index in [1.165, 1.54) is 5.56 Å². The summed E-state index contributed by atoms with van der Waals surface area (Å²) in [6, 6.07) is 13.1. The fourth-order valence-corrected chi connectivity index (χ4v) is 3.40. The SMILES string of the molecule is O=C(CCCOc1ccc(Cl)cc1Cl)Nc1ccc(CN2CCOCC2)cc1. The van der Waals surface area contributed by atoms with Crippen LogP contribution in [0.25, 0.3) is 0 Å². The molecule has 1 fully saturated rings. The predicted octanol–water partition coefficient (Wildman–Crippen LogP) is 4.62. The van der Waals surface area contributed by atoms with E-state index in [9.17, 15) is 4.79 Å². The Balaban J connectivity index is 1.37. The molecule has 0 bridgehead atoms. The van der Waals surface area contributed by atoms with E-state index in [-0.39, 0.29) is 5.91 Å². The van der Waals surface area contributed by atoms with Crippen LogP contribution in [0.5, 0.6) is 5.75 Å². The van der Waals surface area contributed by atoms with Gasteiger partial charge in [0.2, 0.25) is 5.91 Å². The van der Waals surface area contributed by atoms with E-state index in [2.05, 4.69) is 22.3 Å². The Morgan fingerprint density at radius 2 is 1.86 bits per heavy atom. The molecule has 1 heterocycles. The normalized spacial score (nSPS) is 14.6. The van der Waals surface area contributed by atoms with Crippen LogP contribution in [-0.4, -0.2) is 43.7 Å². The smallest absolute Gasteiger partial charge is 0.224 e. The average Bonchev–Trinajstić information content (AvgIpc) is 2.69. The number of amides is 1. The molecule has 1 aliphatic heterocycles. The maximum absolute atomic E-state index is 12.1. The molecule has 3 rings (SSSR count). The third-order valence-corrected chi connectivity index (χ3v) is 4.98. The quantitative estimate of drug-likeness (QED) is 0.630. The second kappa shape index (κ2) is 10.7. The van der Waals surface area contributed by atoms with Crippen molar-refractivity contribution < 1.29 is 14.3 Å². The van der Waals surface area contributed by atoms with Crippen LogP contribution in [0.3, 0.4) is 0 Å². The van der Waals surface area contributed by atoms with Crippen LogP contribution in [0.4, 0.5) is 5.69 Å². The fourth-order valence-electron chi connectivity index (χ4n) is 2.94. The van der Waals surface area contributed by atoms with Gasteiger partial charge in [-0.1, -0.05) is 35.3 Å². The lowest BCUT2D eigenvalue weighted by Gasteiger charge is -2.26. The zero-order valence-electron chi connectivity index (χ0n) is 15.6. The Hall–Kier alpha value is -1.79. The summed E-state index contributed by atoms with van der Waals surface area (Å²) in [6.45, 7) is 4.82. The average molecular weight is 423 g/mol. The molecule has 1 N–H and O–H groups in total. The highest BCUT2D eigenvalue weighted by Crippen LogP contribution is 2.27. The highest BCUT2D eigenvalue weighted by atomic mass is 35.5. The van der Waals surface area contributed by atoms with Crippen molar-refractivity contribution in [3.63, 3.8) is 0 Å². The molecule has 1 saturated heterocycles. The molecule has 7 heteroatoms. The molecule has 0 spiro atoms. The summed E-state index contributed by atoms with van der Waals surface area (Å²) in [5, 5.41) is 3.95. The van der Waals surface area contributed by atoms with Crippen LogP contribution in [0.15, 0.2) is 42.5 Å². The second-order valence-corrected chi connectivity index (χ2v) is 7.50. The van der Waals surface area contributed by atoms with E-state index in [0.717, 1.165) is 38.5 Å². The van der Waals surface area contributed by atoms with Crippen LogP contribution in [0.2, 0.25) is 10.0 Å². The number of nitrogens with zero attached hydrogens (tertiary/aromatic N) is 1. The highest BCUT2D eigenvalue weighted by molar-refractivity contribution is 6.35. The van der Waals surface area contributed by atoms with E-state index in [1.54, 1.807) is 18.2 Å². The van der Waals surface area contributed by atoms with Gasteiger partial charge in [-0.15, -0.1) is 0 Å². The van der Waals surface area contributed by atoms with Crippen LogP contribution in [0.1, 0.15) is 18.4 Å². The van der Waals surface area contributed by atoms with Crippen molar-refractivity contribution in [2.75, 3.05) is 38.2 Å². The number of hydrogen-bond donors (Lipinski definition) is 1. The number of carbonyl (C=O) groups excluding carboxylic acids is 1. The van der Waals surface area contributed by atoms with E-state index >= 15 is 0 Å². The Labute approximate surface area is 175 Å². The number of ether oxygens (including phenoxy) is 2. The van der Waals surface area contributed by atoms with Crippen molar-refractivity contribution in [2.24, 2.45) is 0 Å². The monoisotopic (exact) mass is 422 g/mol. The van der Waals surface area contributed by atoms with Crippen molar-refractivity contribution in [1.82, 2.24) is 4.90 Å². The topological polar surface area (TPSA) is 50.8 Å². The van der Waals surface area contributed by atoms with Gasteiger partial charge in [0.25, 0.3) is 0 Å². The molecule has 2 aromatic carbocycles. The maximum atomic E-state index is 12.1. The lowest BCUT2D eigenvalue weighted by molar-refractivity contribution is -0.116. The molecule has 150 valence electrons. The minimum Gasteiger partial charge on any atom is -0.492 e. The van der Waals surface area contributed by atoms with Crippen LogP contribution < -0.4 is 10.1 Å². The van der Waals surface area contributed by atoms with Gasteiger partial charge in [0.1, 0.15) is 5.75 Å². The van der Waals surface area contributed by atoms with E-state index < -0.39 is 0 Å². The summed E-state index contributed by atoms with van der Waals surface area (Å²) < 4.78 is 11.0. The summed E-state index contributed by atoms with van der Waals surface area (Å²) in [7, 11) is 0. The highest BCUT2D eigenvalue weighted by Gasteiger charge is 2.11. The van der Waals surface area contributed by atoms with Crippen LogP contribution >= 0.6 is 23.2 Å². The Bertz CT molecular complexity index is 778. The van der Waals surface area contributed by atoms with Gasteiger partial charge in [0.15, 0.2) is 0 Å². The lowest BCUT2D eigenvalue weighted by Crippen LogP contribution is -2.35. The van der Waals surface area contributed by atoms with Gasteiger partial charge >= 0.3 is 0 Å². The van der Waals surface area contributed by atoms with Crippen LogP contribution in [-0.2, 0) is 16.1 Å². The van der Waals surface area contributed by atoms with Crippen LogP contribution in [0, 0.1) is 0 Å². The van der Waals surface area contributed by atoms with E-state index in [4.69, 9.17) is 32.7 Å². The Morgan fingerprint density at radius 3 is 2.57 bits per heavy atom. The predicted molar refractivity (Wildman–Crippen MR) is 112 cm³/mol. The number of carbonyl (C=O) groups is 1. The van der Waals surface area contributed by atoms with Crippen molar-refractivity contribution in [2.45, 2.75) is 19.4 Å². The number of hydrogen-bond acceptors (Lipinski definition) is 4. The molecule has 0 saturated carbocycles. The van der Waals surface area contributed by atoms with Gasteiger partial charge in [-0.2, -0.15) is 0 Å². The minimum atomic E-state index is -0.0354. The maximum Gasteiger partial charge on any atom is 0.224 e. The number of benzene rings is 2. The molecule has 5 nitrogen and oxygen atoms in total. The molecule has 0 atom stereocenters. The summed E-state index contributed by atoms with van der Waals surface area (Å²) in [5.74, 6) is 0.536. The molecular formula is C21H24Cl2N2O3. The fraction of sp³-hybridized carbons (Fsp3) is 0.381. The van der Waals surface area contributed by atoms with Crippen molar-refractivity contribution >= 4 is 34.8 Å². The van der Waals surface area contributed by atoms with Crippen molar-refractivity contribution in [1.29, 1.82) is 0 Å². The van der Waals surface area contributed by atoms with Gasteiger partial charge < -0.3 is 14.8 Å². The molecule has 1 amide bonds. The summed E-state index contributed by atoms with van der Waals surface area (Å²) in [6.07, 6.45) is 0.973. The molecule has 1 aliphatic rings. The molecular weight excluding hydrogens is 399 g/mol. The molecule has 28 heavy (non-hydrogen) atoms. The first-order valence-corrected chi connectivity index (χ1v) is 10.1. The number of nitrogens with one attached hydrogen (secondary N) is 1. The molecule has 2 aromatic rings. The van der Waals surface area contributed by atoms with Gasteiger partial charge in [-0.05, 0) is 42.3 Å². The first-order valence-electron chi connectivity index (χ1n) is 9.37.